The Labute approximate surface area is 52.0 Å². The van der Waals surface area contributed by atoms with Gasteiger partial charge in [0.15, 0.2) is 12.0 Å². The Hall–Kier alpha value is -1.06. The van der Waals surface area contributed by atoms with E-state index in [0.717, 1.165) is 0 Å². The average Bonchev–Trinajstić information content (AvgIpc) is 1.90. The number of hydrogen-bond donors (Lipinski definition) is 0. The van der Waals surface area contributed by atoms with Gasteiger partial charge in [-0.25, -0.2) is 19.3 Å². The Morgan fingerprint density at radius 3 is 2.33 bits per heavy atom. The van der Waals surface area contributed by atoms with Crippen LogP contribution in [0.25, 0.3) is 0 Å². The maximum Gasteiger partial charge on any atom is 0.165 e. The second-order valence-electron chi connectivity index (χ2n) is 1.61. The van der Waals surface area contributed by atoms with E-state index in [9.17, 15) is 4.39 Å². The summed E-state index contributed by atoms with van der Waals surface area (Å²) in [6, 6.07) is 0. The van der Waals surface area contributed by atoms with Crippen LogP contribution in [0.2, 0.25) is 0 Å². The minimum atomic E-state index is -1.10. The van der Waals surface area contributed by atoms with Crippen molar-refractivity contribution in [3.05, 3.63) is 18.5 Å². The number of hydrogen-bond acceptors (Lipinski definition) is 3. The molecule has 0 saturated heterocycles. The summed E-state index contributed by atoms with van der Waals surface area (Å²) >= 11 is 0. The van der Waals surface area contributed by atoms with Gasteiger partial charge in [-0.05, 0) is 6.92 Å². The van der Waals surface area contributed by atoms with Gasteiger partial charge in [0, 0.05) is 0 Å². The molecule has 0 radical (unpaired) electrons. The van der Waals surface area contributed by atoms with Gasteiger partial charge in [-0.15, -0.1) is 0 Å². The summed E-state index contributed by atoms with van der Waals surface area (Å²) in [6.45, 7) is 1.38. The number of halogens is 1. The first-order valence-corrected chi connectivity index (χ1v) is 2.56. The van der Waals surface area contributed by atoms with Gasteiger partial charge in [0.05, 0.1) is 0 Å². The molecule has 1 aromatic rings. The van der Waals surface area contributed by atoms with Gasteiger partial charge in [0.2, 0.25) is 0 Å². The highest BCUT2D eigenvalue weighted by molar-refractivity contribution is 4.84. The molecule has 0 aliphatic carbocycles. The van der Waals surface area contributed by atoms with E-state index in [1.54, 1.807) is 0 Å². The van der Waals surface area contributed by atoms with Gasteiger partial charge < -0.3 is 0 Å². The van der Waals surface area contributed by atoms with E-state index in [2.05, 4.69) is 15.0 Å². The third kappa shape index (κ3) is 1.42. The maximum absolute atomic E-state index is 12.3. The fourth-order valence-electron chi connectivity index (χ4n) is 0.454. The number of nitrogens with zero attached hydrogens (tertiary/aromatic N) is 3. The van der Waals surface area contributed by atoms with Crippen molar-refractivity contribution >= 4 is 0 Å². The molecule has 0 aliphatic rings. The topological polar surface area (TPSA) is 38.7 Å². The van der Waals surface area contributed by atoms with Gasteiger partial charge in [-0.1, -0.05) is 0 Å². The highest BCUT2D eigenvalue weighted by Crippen LogP contribution is 2.07. The number of rotatable bonds is 1. The third-order valence-corrected chi connectivity index (χ3v) is 0.869. The van der Waals surface area contributed by atoms with Gasteiger partial charge in [-0.3, -0.25) is 0 Å². The van der Waals surface area contributed by atoms with Gasteiger partial charge >= 0.3 is 0 Å². The second-order valence-corrected chi connectivity index (χ2v) is 1.61. The molecule has 0 N–H and O–H groups in total. The number of alkyl halides is 1. The van der Waals surface area contributed by atoms with Crippen molar-refractivity contribution in [3.63, 3.8) is 0 Å². The van der Waals surface area contributed by atoms with Crippen molar-refractivity contribution in [1.82, 2.24) is 15.0 Å². The van der Waals surface area contributed by atoms with E-state index in [-0.39, 0.29) is 5.82 Å². The van der Waals surface area contributed by atoms with E-state index in [4.69, 9.17) is 0 Å². The standard InChI is InChI=1S/C5H6FN3/c1-4(6)5-8-2-7-3-9-5/h2-4H,1H3/t4-/m1/s1. The molecule has 0 spiro atoms. The van der Waals surface area contributed by atoms with E-state index in [1.807, 2.05) is 0 Å². The summed E-state index contributed by atoms with van der Waals surface area (Å²) in [7, 11) is 0. The maximum atomic E-state index is 12.3. The monoisotopic (exact) mass is 127 g/mol. The lowest BCUT2D eigenvalue weighted by atomic mass is 10.4. The van der Waals surface area contributed by atoms with Crippen molar-refractivity contribution in [2.24, 2.45) is 0 Å². The van der Waals surface area contributed by atoms with Crippen LogP contribution in [-0.2, 0) is 0 Å². The molecule has 1 rings (SSSR count). The molecule has 0 aromatic carbocycles. The molecule has 1 heterocycles. The highest BCUT2D eigenvalue weighted by atomic mass is 19.1. The molecule has 0 saturated carbocycles. The van der Waals surface area contributed by atoms with E-state index >= 15 is 0 Å². The third-order valence-electron chi connectivity index (χ3n) is 0.869. The van der Waals surface area contributed by atoms with Crippen LogP contribution in [0.4, 0.5) is 4.39 Å². The second kappa shape index (κ2) is 2.48. The van der Waals surface area contributed by atoms with Crippen LogP contribution in [0.3, 0.4) is 0 Å². The van der Waals surface area contributed by atoms with Gasteiger partial charge in [-0.2, -0.15) is 0 Å². The van der Waals surface area contributed by atoms with Crippen LogP contribution in [0.15, 0.2) is 12.7 Å². The Morgan fingerprint density at radius 1 is 1.44 bits per heavy atom. The zero-order valence-corrected chi connectivity index (χ0v) is 4.95. The first kappa shape index (κ1) is 6.07. The Bertz CT molecular complexity index is 175. The minimum absolute atomic E-state index is 0.185. The summed E-state index contributed by atoms with van der Waals surface area (Å²) < 4.78 is 12.3. The van der Waals surface area contributed by atoms with Crippen molar-refractivity contribution in [3.8, 4) is 0 Å². The quantitative estimate of drug-likeness (QED) is 0.562. The van der Waals surface area contributed by atoms with E-state index in [1.165, 1.54) is 19.6 Å². The fourth-order valence-corrected chi connectivity index (χ4v) is 0.454. The molecule has 1 aromatic heterocycles. The van der Waals surface area contributed by atoms with Crippen LogP contribution < -0.4 is 0 Å². The van der Waals surface area contributed by atoms with Crippen molar-refractivity contribution in [1.29, 1.82) is 0 Å². The summed E-state index contributed by atoms with van der Waals surface area (Å²) in [5.41, 5.74) is 0. The summed E-state index contributed by atoms with van der Waals surface area (Å²) in [5.74, 6) is 0.185. The zero-order valence-electron chi connectivity index (χ0n) is 4.95. The molecule has 0 fully saturated rings. The van der Waals surface area contributed by atoms with Crippen LogP contribution in [0.5, 0.6) is 0 Å². The molecule has 0 amide bonds. The molecule has 0 aliphatic heterocycles. The molecule has 1 atom stereocenters. The predicted molar refractivity (Wildman–Crippen MR) is 29.3 cm³/mol. The molecular formula is C5H6FN3. The van der Waals surface area contributed by atoms with E-state index < -0.39 is 6.17 Å². The summed E-state index contributed by atoms with van der Waals surface area (Å²) in [6.07, 6.45) is 1.45. The smallest absolute Gasteiger partial charge is 0.165 e. The van der Waals surface area contributed by atoms with Crippen LogP contribution in [-0.4, -0.2) is 15.0 Å². The minimum Gasteiger partial charge on any atom is -0.239 e. The lowest BCUT2D eigenvalue weighted by Gasteiger charge is -1.94. The predicted octanol–water partition coefficient (Wildman–Crippen LogP) is 0.902. The molecular weight excluding hydrogens is 121 g/mol. The fraction of sp³-hybridized carbons (Fsp3) is 0.400. The Balaban J connectivity index is 2.85. The number of aromatic nitrogens is 3. The van der Waals surface area contributed by atoms with Crippen molar-refractivity contribution < 1.29 is 4.39 Å². The Kier molecular flexibility index (Phi) is 1.67. The molecule has 3 nitrogen and oxygen atoms in total. The first-order chi connectivity index (χ1) is 4.30. The average molecular weight is 127 g/mol. The lowest BCUT2D eigenvalue weighted by Crippen LogP contribution is -1.94. The molecule has 4 heteroatoms. The zero-order chi connectivity index (χ0) is 6.69. The van der Waals surface area contributed by atoms with Crippen LogP contribution >= 0.6 is 0 Å². The molecule has 9 heavy (non-hydrogen) atoms. The summed E-state index contributed by atoms with van der Waals surface area (Å²) in [5, 5.41) is 0. The lowest BCUT2D eigenvalue weighted by molar-refractivity contribution is 0.355. The van der Waals surface area contributed by atoms with E-state index in [0.29, 0.717) is 0 Å². The first-order valence-electron chi connectivity index (χ1n) is 2.56. The van der Waals surface area contributed by atoms with Crippen molar-refractivity contribution in [2.75, 3.05) is 0 Å². The van der Waals surface area contributed by atoms with Gasteiger partial charge in [0.25, 0.3) is 0 Å². The molecule has 0 bridgehead atoms. The largest absolute Gasteiger partial charge is 0.239 e. The summed E-state index contributed by atoms with van der Waals surface area (Å²) in [4.78, 5) is 10.7. The van der Waals surface area contributed by atoms with Crippen LogP contribution in [0.1, 0.15) is 18.9 Å². The Morgan fingerprint density at radius 2 is 2.00 bits per heavy atom. The molecule has 0 unspecified atom stereocenters. The molecule has 48 valence electrons. The van der Waals surface area contributed by atoms with Crippen LogP contribution in [0, 0.1) is 0 Å². The van der Waals surface area contributed by atoms with Gasteiger partial charge in [0.1, 0.15) is 12.7 Å². The normalized spacial score (nSPS) is 13.1. The SMILES string of the molecule is C[C@@H](F)c1ncncn1. The van der Waals surface area contributed by atoms with Crippen molar-refractivity contribution in [2.45, 2.75) is 13.1 Å². The highest BCUT2D eigenvalue weighted by Gasteiger charge is 2.02.